The van der Waals surface area contributed by atoms with Gasteiger partial charge < -0.3 is 25.6 Å². The normalized spacial score (nSPS) is 18.1. The van der Waals surface area contributed by atoms with Crippen LogP contribution in [0.3, 0.4) is 0 Å². The third kappa shape index (κ3) is 13.0. The molecular weight excluding hydrogens is 542 g/mol. The number of morpholine rings is 1. The molecule has 0 aliphatic carbocycles. The van der Waals surface area contributed by atoms with Gasteiger partial charge in [0.05, 0.1) is 19.3 Å². The molecule has 4 atom stereocenters. The monoisotopic (exact) mass is 597 g/mol. The van der Waals surface area contributed by atoms with Gasteiger partial charge in [-0.15, -0.1) is 0 Å². The molecule has 1 heterocycles. The molecule has 0 unspecified atom stereocenters. The highest BCUT2D eigenvalue weighted by Gasteiger charge is 2.27. The third-order valence-corrected chi connectivity index (χ3v) is 8.44. The van der Waals surface area contributed by atoms with E-state index in [2.05, 4.69) is 50.9 Å². The van der Waals surface area contributed by atoms with Crippen molar-refractivity contribution in [3.8, 4) is 5.75 Å². The molecule has 0 spiro atoms. The Balaban J connectivity index is 1.93. The number of ether oxygens (including phenoxy) is 2. The lowest BCUT2D eigenvalue weighted by atomic mass is 9.81. The Labute approximate surface area is 248 Å². The number of nitrogens with two attached hydrogens (primary N) is 1. The zero-order valence-corrected chi connectivity index (χ0v) is 27.1. The molecule has 1 aromatic rings. The van der Waals surface area contributed by atoms with E-state index in [9.17, 15) is 18.3 Å². The number of aliphatic hydroxyl groups excluding tert-OH is 1. The molecular formula is C31H55N3O6S. The van der Waals surface area contributed by atoms with Crippen LogP contribution in [0, 0.1) is 17.8 Å². The van der Waals surface area contributed by atoms with Gasteiger partial charge in [-0.05, 0) is 66.7 Å². The highest BCUT2D eigenvalue weighted by Crippen LogP contribution is 2.34. The Morgan fingerprint density at radius 2 is 1.83 bits per heavy atom. The number of nitrogens with zero attached hydrogens (tertiary/aromatic N) is 1. The second-order valence-corrected chi connectivity index (χ2v) is 15.3. The smallest absolute Gasteiger partial charge is 0.222 e. The van der Waals surface area contributed by atoms with E-state index in [-0.39, 0.29) is 29.1 Å². The Kier molecular flexibility index (Phi) is 14.0. The maximum absolute atomic E-state index is 12.6. The minimum absolute atomic E-state index is 0.0563. The van der Waals surface area contributed by atoms with Crippen molar-refractivity contribution in [3.05, 3.63) is 29.3 Å². The van der Waals surface area contributed by atoms with Crippen molar-refractivity contribution in [1.29, 1.82) is 0 Å². The fourth-order valence-electron chi connectivity index (χ4n) is 5.16. The highest BCUT2D eigenvalue weighted by atomic mass is 32.2. The molecule has 1 saturated heterocycles. The molecule has 0 radical (unpaired) electrons. The van der Waals surface area contributed by atoms with Crippen LogP contribution in [0.1, 0.15) is 71.9 Å². The van der Waals surface area contributed by atoms with Crippen molar-refractivity contribution in [2.75, 3.05) is 51.6 Å². The number of carbonyl (C=O) groups is 1. The van der Waals surface area contributed by atoms with Gasteiger partial charge in [0.15, 0.2) is 15.8 Å². The SMILES string of the molecule is CC(C)[C@@H](Cc1ccc(C(C)(C)C)c(OCS(C)(=O)=O)c1)C[C@H](N)[C@@H](O)C[C@@H](C)C(=O)NCCCN1CCOCC1. The zero-order chi connectivity index (χ0) is 30.8. The average molecular weight is 598 g/mol. The van der Waals surface area contributed by atoms with E-state index in [1.54, 1.807) is 0 Å². The van der Waals surface area contributed by atoms with Crippen LogP contribution in [-0.2, 0) is 31.2 Å². The quantitative estimate of drug-likeness (QED) is 0.248. The van der Waals surface area contributed by atoms with Crippen molar-refractivity contribution in [2.24, 2.45) is 23.5 Å². The summed E-state index contributed by atoms with van der Waals surface area (Å²) in [6, 6.07) is 5.56. The molecule has 10 heteroatoms. The highest BCUT2D eigenvalue weighted by molar-refractivity contribution is 7.90. The summed E-state index contributed by atoms with van der Waals surface area (Å²) in [5, 5.41) is 13.9. The predicted molar refractivity (Wildman–Crippen MR) is 165 cm³/mol. The standard InChI is InChI=1S/C31H55N3O6S/c1-22(2)25(18-24-9-10-26(31(4,5)6)29(19-24)40-21-41(7,37)38)20-27(32)28(35)17-23(3)30(36)33-11-8-12-34-13-15-39-16-14-34/h9-10,19,22-23,25,27-28,35H,8,11-18,20-21,32H2,1-7H3,(H,33,36)/t23-,25+,27+,28+/m1/s1. The predicted octanol–water partition coefficient (Wildman–Crippen LogP) is 3.12. The van der Waals surface area contributed by atoms with Gasteiger partial charge in [0.1, 0.15) is 5.75 Å². The van der Waals surface area contributed by atoms with E-state index < -0.39 is 22.0 Å². The Bertz CT molecular complexity index is 1050. The minimum Gasteiger partial charge on any atom is -0.477 e. The molecule has 0 bridgehead atoms. The number of sulfone groups is 1. The largest absolute Gasteiger partial charge is 0.477 e. The van der Waals surface area contributed by atoms with Crippen molar-refractivity contribution < 1.29 is 27.8 Å². The van der Waals surface area contributed by atoms with E-state index in [1.165, 1.54) is 0 Å². The van der Waals surface area contributed by atoms with Gasteiger partial charge in [0.2, 0.25) is 5.91 Å². The summed E-state index contributed by atoms with van der Waals surface area (Å²) < 4.78 is 34.6. The summed E-state index contributed by atoms with van der Waals surface area (Å²) in [6.45, 7) is 17.3. The summed E-state index contributed by atoms with van der Waals surface area (Å²) in [5.74, 6) is 0.312. The average Bonchev–Trinajstić information content (AvgIpc) is 2.88. The summed E-state index contributed by atoms with van der Waals surface area (Å²) in [5.41, 5.74) is 8.26. The molecule has 1 aromatic carbocycles. The van der Waals surface area contributed by atoms with E-state index in [0.717, 1.165) is 63.1 Å². The van der Waals surface area contributed by atoms with E-state index in [0.29, 0.717) is 31.1 Å². The lowest BCUT2D eigenvalue weighted by molar-refractivity contribution is -0.125. The third-order valence-electron chi connectivity index (χ3n) is 7.89. The number of rotatable bonds is 16. The molecule has 0 saturated carbocycles. The van der Waals surface area contributed by atoms with Gasteiger partial charge >= 0.3 is 0 Å². The van der Waals surface area contributed by atoms with Crippen LogP contribution in [-0.4, -0.2) is 88.1 Å². The molecule has 236 valence electrons. The van der Waals surface area contributed by atoms with Crippen LogP contribution in [0.25, 0.3) is 0 Å². The summed E-state index contributed by atoms with van der Waals surface area (Å²) in [4.78, 5) is 15.0. The maximum atomic E-state index is 12.6. The first-order chi connectivity index (χ1) is 19.1. The van der Waals surface area contributed by atoms with Crippen LogP contribution in [0.2, 0.25) is 0 Å². The number of nitrogens with one attached hydrogen (secondary N) is 1. The second-order valence-electron chi connectivity index (χ2n) is 13.2. The first kappa shape index (κ1) is 35.5. The number of benzene rings is 1. The number of aliphatic hydroxyl groups is 1. The molecule has 1 aliphatic heterocycles. The number of hydrogen-bond acceptors (Lipinski definition) is 8. The lowest BCUT2D eigenvalue weighted by Crippen LogP contribution is -2.41. The fraction of sp³-hybridized carbons (Fsp3) is 0.774. The van der Waals surface area contributed by atoms with Crippen LogP contribution in [0.5, 0.6) is 5.75 Å². The van der Waals surface area contributed by atoms with Crippen LogP contribution in [0.15, 0.2) is 18.2 Å². The first-order valence-electron chi connectivity index (χ1n) is 15.0. The zero-order valence-electron chi connectivity index (χ0n) is 26.3. The van der Waals surface area contributed by atoms with E-state index in [1.807, 2.05) is 19.1 Å². The van der Waals surface area contributed by atoms with Crippen LogP contribution >= 0.6 is 0 Å². The first-order valence-corrected chi connectivity index (χ1v) is 17.1. The van der Waals surface area contributed by atoms with Gasteiger partial charge in [-0.25, -0.2) is 8.42 Å². The summed E-state index contributed by atoms with van der Waals surface area (Å²) in [7, 11) is -3.29. The van der Waals surface area contributed by atoms with Crippen LogP contribution < -0.4 is 15.8 Å². The van der Waals surface area contributed by atoms with Gasteiger partial charge in [-0.3, -0.25) is 9.69 Å². The van der Waals surface area contributed by atoms with Crippen molar-refractivity contribution in [3.63, 3.8) is 0 Å². The second kappa shape index (κ2) is 16.2. The lowest BCUT2D eigenvalue weighted by Gasteiger charge is -2.29. The molecule has 0 aromatic heterocycles. The minimum atomic E-state index is -3.29. The van der Waals surface area contributed by atoms with Crippen molar-refractivity contribution in [2.45, 2.75) is 84.8 Å². The Hall–Kier alpha value is -1.72. The number of amides is 1. The van der Waals surface area contributed by atoms with Crippen LogP contribution in [0.4, 0.5) is 0 Å². The van der Waals surface area contributed by atoms with Crippen molar-refractivity contribution in [1.82, 2.24) is 10.2 Å². The number of carbonyl (C=O) groups excluding carboxylic acids is 1. The molecule has 1 amide bonds. The molecule has 2 rings (SSSR count). The van der Waals surface area contributed by atoms with E-state index in [4.69, 9.17) is 15.2 Å². The summed E-state index contributed by atoms with van der Waals surface area (Å²) in [6.07, 6.45) is 2.89. The topological polar surface area (TPSA) is 131 Å². The molecule has 4 N–H and O–H groups in total. The maximum Gasteiger partial charge on any atom is 0.222 e. The van der Waals surface area contributed by atoms with Gasteiger partial charge in [-0.1, -0.05) is 53.7 Å². The van der Waals surface area contributed by atoms with Gasteiger partial charge in [-0.2, -0.15) is 0 Å². The summed E-state index contributed by atoms with van der Waals surface area (Å²) >= 11 is 0. The number of hydrogen-bond donors (Lipinski definition) is 3. The van der Waals surface area contributed by atoms with E-state index >= 15 is 0 Å². The molecule has 1 aliphatic rings. The van der Waals surface area contributed by atoms with Gasteiger partial charge in [0.25, 0.3) is 0 Å². The molecule has 1 fully saturated rings. The Morgan fingerprint density at radius 1 is 1.17 bits per heavy atom. The Morgan fingerprint density at radius 3 is 2.41 bits per heavy atom. The van der Waals surface area contributed by atoms with Crippen molar-refractivity contribution >= 4 is 15.7 Å². The van der Waals surface area contributed by atoms with Gasteiger partial charge in [0, 0.05) is 37.8 Å². The fourth-order valence-corrected chi connectivity index (χ4v) is 5.50. The molecule has 41 heavy (non-hydrogen) atoms. The molecule has 9 nitrogen and oxygen atoms in total.